The minimum atomic E-state index is -4.34. The first kappa shape index (κ1) is 34.4. The minimum absolute atomic E-state index is 0.0954. The zero-order valence-corrected chi connectivity index (χ0v) is 28.6. The van der Waals surface area contributed by atoms with E-state index in [1.54, 1.807) is 6.07 Å². The Bertz CT molecular complexity index is 2060. The molecule has 11 heteroatoms. The van der Waals surface area contributed by atoms with Crippen LogP contribution in [0.4, 0.5) is 11.4 Å². The van der Waals surface area contributed by atoms with Crippen molar-refractivity contribution in [3.05, 3.63) is 101 Å². The average Bonchev–Trinajstić information content (AvgIpc) is 3.33. The molecule has 1 N–H and O–H groups in total. The predicted octanol–water partition coefficient (Wildman–Crippen LogP) is 5.44. The first-order chi connectivity index (χ1) is 22.0. The second kappa shape index (κ2) is 13.0. The normalized spacial score (nSPS) is 17.2. The summed E-state index contributed by atoms with van der Waals surface area (Å²) in [5, 5.41) is 10.8. The number of fused-ring (bicyclic) bond motifs is 2. The fraction of sp³-hybridized carbons (Fsp3) is 0.333. The first-order valence-electron chi connectivity index (χ1n) is 15.5. The van der Waals surface area contributed by atoms with E-state index >= 15 is 0 Å². The molecule has 5 rings (SSSR count). The van der Waals surface area contributed by atoms with E-state index < -0.39 is 37.2 Å². The highest BCUT2D eigenvalue weighted by Crippen LogP contribution is 2.41. The van der Waals surface area contributed by atoms with Gasteiger partial charge in [-0.25, -0.2) is 16.8 Å². The van der Waals surface area contributed by atoms with Crippen molar-refractivity contribution in [2.75, 3.05) is 24.6 Å². The standard InChI is InChI=1S/C36H40N2O7S2/c1-35(2)28-11-5-7-13-30(28)37(21-9-23-46(40,41)42)33(35)19-16-26-15-18-32(39)27(25-26)17-20-34-36(3,4)29-12-6-8-14-31(29)38(34)22-10-24-47(43,44)45/h5-8,11-20,25H,9-10,21-24H2,1-4H3,(H-,40,41,42,43,44,45). The van der Waals surface area contributed by atoms with Crippen LogP contribution in [0.3, 0.4) is 0 Å². The van der Waals surface area contributed by atoms with Crippen LogP contribution in [0.1, 0.15) is 62.8 Å². The Morgan fingerprint density at radius 3 is 1.57 bits per heavy atom. The number of para-hydroxylation sites is 2. The lowest BCUT2D eigenvalue weighted by atomic mass is 9.81. The Morgan fingerprint density at radius 1 is 0.660 bits per heavy atom. The summed E-state index contributed by atoms with van der Waals surface area (Å²) in [6.07, 6.45) is 8.11. The Morgan fingerprint density at radius 2 is 1.11 bits per heavy atom. The van der Waals surface area contributed by atoms with E-state index in [9.17, 15) is 31.0 Å². The second-order valence-corrected chi connectivity index (χ2v) is 16.1. The number of phenols is 1. The van der Waals surface area contributed by atoms with Crippen molar-refractivity contribution < 1.29 is 40.2 Å². The summed E-state index contributed by atoms with van der Waals surface area (Å²) in [5.41, 5.74) is 6.63. The third-order valence-corrected chi connectivity index (χ3v) is 10.6. The number of allylic oxidation sites excluding steroid dienone is 2. The fourth-order valence-electron chi connectivity index (χ4n) is 6.72. The molecular formula is C36H40N2O7S2. The summed E-state index contributed by atoms with van der Waals surface area (Å²) in [7, 11) is -8.67. The third kappa shape index (κ3) is 7.49. The molecule has 0 aliphatic carbocycles. The van der Waals surface area contributed by atoms with Crippen LogP contribution in [0, 0.1) is 0 Å². The maximum absolute atomic E-state index is 11.3. The van der Waals surface area contributed by atoms with Gasteiger partial charge in [0.15, 0.2) is 11.4 Å². The molecule has 0 spiro atoms. The number of benzene rings is 3. The maximum atomic E-state index is 11.3. The van der Waals surface area contributed by atoms with E-state index in [0.717, 1.165) is 39.5 Å². The molecule has 0 saturated heterocycles. The van der Waals surface area contributed by atoms with Crippen LogP contribution in [0.2, 0.25) is 0 Å². The molecule has 0 amide bonds. The molecule has 2 aliphatic heterocycles. The molecule has 2 aliphatic rings. The predicted molar refractivity (Wildman–Crippen MR) is 183 cm³/mol. The Labute approximate surface area is 277 Å². The number of hydrogen-bond acceptors (Lipinski definition) is 7. The van der Waals surface area contributed by atoms with Gasteiger partial charge in [-0.1, -0.05) is 42.5 Å². The van der Waals surface area contributed by atoms with Crippen molar-refractivity contribution in [2.24, 2.45) is 0 Å². The topological polar surface area (TPSA) is 141 Å². The summed E-state index contributed by atoms with van der Waals surface area (Å²) >= 11 is 0. The van der Waals surface area contributed by atoms with Crippen molar-refractivity contribution >= 4 is 55.2 Å². The Hall–Kier alpha value is -3.90. The van der Waals surface area contributed by atoms with Crippen molar-refractivity contribution in [3.8, 4) is 5.75 Å². The maximum Gasteiger partial charge on any atom is 0.209 e. The Balaban J connectivity index is 1.48. The van der Waals surface area contributed by atoms with Crippen LogP contribution in [-0.4, -0.2) is 76.2 Å². The molecule has 47 heavy (non-hydrogen) atoms. The van der Waals surface area contributed by atoms with Crippen molar-refractivity contribution in [1.82, 2.24) is 0 Å². The number of phenolic OH excluding ortho intramolecular Hbond substituents is 1. The quantitative estimate of drug-likeness (QED) is 0.199. The summed E-state index contributed by atoms with van der Waals surface area (Å²) in [4.78, 5) is 0. The van der Waals surface area contributed by atoms with Gasteiger partial charge in [-0.3, -0.25) is 0 Å². The van der Waals surface area contributed by atoms with E-state index in [1.807, 2.05) is 83.5 Å². The van der Waals surface area contributed by atoms with Crippen LogP contribution in [0.15, 0.2) is 78.9 Å². The largest absolute Gasteiger partial charge is 0.748 e. The molecule has 3 aromatic rings. The smallest absolute Gasteiger partial charge is 0.209 e. The van der Waals surface area contributed by atoms with Crippen LogP contribution >= 0.6 is 0 Å². The lowest BCUT2D eigenvalue weighted by Gasteiger charge is -2.15. The van der Waals surface area contributed by atoms with E-state index in [2.05, 4.69) is 38.3 Å². The fourth-order valence-corrected chi connectivity index (χ4v) is 7.68. The summed E-state index contributed by atoms with van der Waals surface area (Å²) in [6, 6.07) is 21.2. The molecule has 0 atom stereocenters. The number of hydrogen-bond donors (Lipinski definition) is 1. The number of rotatable bonds is 12. The van der Waals surface area contributed by atoms with Crippen LogP contribution < -0.4 is 0 Å². The van der Waals surface area contributed by atoms with Gasteiger partial charge in [0.05, 0.1) is 31.1 Å². The van der Waals surface area contributed by atoms with E-state index in [1.165, 1.54) is 0 Å². The molecule has 3 aromatic carbocycles. The van der Waals surface area contributed by atoms with E-state index in [0.29, 0.717) is 18.7 Å². The molecule has 0 unspecified atom stereocenters. The van der Waals surface area contributed by atoms with E-state index in [4.69, 9.17) is 0 Å². The molecular weight excluding hydrogens is 637 g/mol. The lowest BCUT2D eigenvalue weighted by Crippen LogP contribution is -2.28. The summed E-state index contributed by atoms with van der Waals surface area (Å²) in [6.45, 7) is 9.12. The molecule has 0 bridgehead atoms. The molecule has 9 nitrogen and oxygen atoms in total. The molecule has 0 radical (unpaired) electrons. The van der Waals surface area contributed by atoms with E-state index in [-0.39, 0.29) is 24.0 Å². The molecule has 0 aromatic heterocycles. The summed E-state index contributed by atoms with van der Waals surface area (Å²) in [5.74, 6) is -0.792. The van der Waals surface area contributed by atoms with Gasteiger partial charge in [0.2, 0.25) is 11.4 Å². The van der Waals surface area contributed by atoms with Crippen LogP contribution in [-0.2, 0) is 31.1 Å². The van der Waals surface area contributed by atoms with Gasteiger partial charge in [-0.2, -0.15) is 9.15 Å². The zero-order chi connectivity index (χ0) is 34.2. The van der Waals surface area contributed by atoms with Gasteiger partial charge in [-0.15, -0.1) is 0 Å². The second-order valence-electron chi connectivity index (χ2n) is 13.1. The Kier molecular flexibility index (Phi) is 9.49. The van der Waals surface area contributed by atoms with Crippen molar-refractivity contribution in [2.45, 2.75) is 51.4 Å². The zero-order valence-electron chi connectivity index (χ0n) is 27.0. The van der Waals surface area contributed by atoms with Crippen molar-refractivity contribution in [1.29, 1.82) is 0 Å². The average molecular weight is 677 g/mol. The highest BCUT2D eigenvalue weighted by Gasteiger charge is 2.45. The molecule has 0 fully saturated rings. The monoisotopic (exact) mass is 676 g/mol. The van der Waals surface area contributed by atoms with Gasteiger partial charge < -0.3 is 14.2 Å². The van der Waals surface area contributed by atoms with Gasteiger partial charge in [0.25, 0.3) is 0 Å². The van der Waals surface area contributed by atoms with Gasteiger partial charge in [-0.05, 0) is 57.5 Å². The SMILES string of the molecule is CC1(C)C(/C=C/c2ccc(O)c(/C=C/C3=[N+](CCCS(=O)(=O)[O-])c4ccccc4C3(C)C)c2)=[N+](CCCS(=O)(=O)[O-])c2ccccc21. The lowest BCUT2D eigenvalue weighted by molar-refractivity contribution is -0.437. The molecule has 248 valence electrons. The number of nitrogens with zero attached hydrogens (tertiary/aromatic N) is 2. The summed E-state index contributed by atoms with van der Waals surface area (Å²) < 4.78 is 71.9. The minimum Gasteiger partial charge on any atom is -0.748 e. The number of aromatic hydroxyl groups is 1. The molecule has 0 saturated carbocycles. The molecule has 2 heterocycles. The van der Waals surface area contributed by atoms with Crippen LogP contribution in [0.25, 0.3) is 12.2 Å². The highest BCUT2D eigenvalue weighted by atomic mass is 32.2. The van der Waals surface area contributed by atoms with Gasteiger partial charge >= 0.3 is 0 Å². The van der Waals surface area contributed by atoms with Crippen molar-refractivity contribution in [3.63, 3.8) is 0 Å². The highest BCUT2D eigenvalue weighted by molar-refractivity contribution is 7.85. The van der Waals surface area contributed by atoms with Crippen LogP contribution in [0.5, 0.6) is 5.75 Å². The van der Waals surface area contributed by atoms with Gasteiger partial charge in [0.1, 0.15) is 18.8 Å². The van der Waals surface area contributed by atoms with Gasteiger partial charge in [0, 0.05) is 65.3 Å². The third-order valence-electron chi connectivity index (χ3n) is 9.06. The first-order valence-corrected chi connectivity index (χ1v) is 18.7.